The molecule has 0 saturated carbocycles. The van der Waals surface area contributed by atoms with E-state index in [0.717, 1.165) is 4.90 Å². The summed E-state index contributed by atoms with van der Waals surface area (Å²) in [5.74, 6) is -1.03. The van der Waals surface area contributed by atoms with Crippen LogP contribution in [0, 0.1) is 0 Å². The fraction of sp³-hybridized carbons (Fsp3) is 0.308. The molecular weight excluding hydrogens is 246 g/mol. The molecule has 1 fully saturated rings. The molecule has 0 unspecified atom stereocenters. The number of nitrogen functional groups attached to an aromatic ring is 1. The van der Waals surface area contributed by atoms with Gasteiger partial charge in [0, 0.05) is 12.8 Å². The molecule has 6 nitrogen and oxygen atoms in total. The van der Waals surface area contributed by atoms with E-state index in [1.807, 2.05) is 0 Å². The highest BCUT2D eigenvalue weighted by Crippen LogP contribution is 2.17. The first-order valence-corrected chi connectivity index (χ1v) is 6.05. The Morgan fingerprint density at radius 2 is 1.84 bits per heavy atom. The standard InChI is InChI=1S/C13H15N3O3/c14-9-4-1-2-5-10(9)15-11(17)8-16-12(18)6-3-7-13(16)19/h1-2,4-5H,3,6-8,14H2,(H,15,17). The Bertz CT molecular complexity index is 512. The molecule has 0 spiro atoms. The van der Waals surface area contributed by atoms with Crippen molar-refractivity contribution < 1.29 is 14.4 Å². The van der Waals surface area contributed by atoms with Crippen LogP contribution in [0.15, 0.2) is 24.3 Å². The van der Waals surface area contributed by atoms with Crippen molar-refractivity contribution in [2.24, 2.45) is 0 Å². The monoisotopic (exact) mass is 261 g/mol. The van der Waals surface area contributed by atoms with Crippen molar-refractivity contribution in [2.75, 3.05) is 17.6 Å². The molecule has 3 N–H and O–H groups in total. The van der Waals surface area contributed by atoms with Crippen molar-refractivity contribution in [1.29, 1.82) is 0 Å². The van der Waals surface area contributed by atoms with Crippen molar-refractivity contribution in [3.05, 3.63) is 24.3 Å². The molecule has 3 amide bonds. The van der Waals surface area contributed by atoms with Crippen molar-refractivity contribution >= 4 is 29.1 Å². The van der Waals surface area contributed by atoms with E-state index in [4.69, 9.17) is 5.73 Å². The molecule has 1 heterocycles. The van der Waals surface area contributed by atoms with Gasteiger partial charge in [0.1, 0.15) is 6.54 Å². The van der Waals surface area contributed by atoms with Gasteiger partial charge in [-0.05, 0) is 18.6 Å². The van der Waals surface area contributed by atoms with E-state index >= 15 is 0 Å². The zero-order valence-electron chi connectivity index (χ0n) is 10.4. The number of amides is 3. The lowest BCUT2D eigenvalue weighted by Crippen LogP contribution is -2.44. The van der Waals surface area contributed by atoms with Gasteiger partial charge in [-0.2, -0.15) is 0 Å². The van der Waals surface area contributed by atoms with Gasteiger partial charge in [-0.15, -0.1) is 0 Å². The lowest BCUT2D eigenvalue weighted by molar-refractivity contribution is -0.150. The largest absolute Gasteiger partial charge is 0.397 e. The third-order valence-corrected chi connectivity index (χ3v) is 2.92. The molecule has 1 aliphatic rings. The molecule has 1 aromatic carbocycles. The summed E-state index contributed by atoms with van der Waals surface area (Å²) >= 11 is 0. The molecule has 0 radical (unpaired) electrons. The highest BCUT2D eigenvalue weighted by atomic mass is 16.2. The van der Waals surface area contributed by atoms with Gasteiger partial charge in [0.05, 0.1) is 11.4 Å². The Labute approximate surface area is 110 Å². The SMILES string of the molecule is Nc1ccccc1NC(=O)CN1C(=O)CCCC1=O. The Hall–Kier alpha value is -2.37. The Balaban J connectivity index is 1.99. The van der Waals surface area contributed by atoms with Gasteiger partial charge >= 0.3 is 0 Å². The topological polar surface area (TPSA) is 92.5 Å². The average Bonchev–Trinajstić information content (AvgIpc) is 2.37. The van der Waals surface area contributed by atoms with E-state index in [1.165, 1.54) is 0 Å². The van der Waals surface area contributed by atoms with E-state index in [-0.39, 0.29) is 18.4 Å². The van der Waals surface area contributed by atoms with Crippen LogP contribution in [-0.4, -0.2) is 29.2 Å². The zero-order chi connectivity index (χ0) is 13.8. The molecule has 0 aliphatic carbocycles. The van der Waals surface area contributed by atoms with Crippen LogP contribution < -0.4 is 11.1 Å². The average molecular weight is 261 g/mol. The fourth-order valence-corrected chi connectivity index (χ4v) is 1.92. The third kappa shape index (κ3) is 3.09. The zero-order valence-corrected chi connectivity index (χ0v) is 10.4. The van der Waals surface area contributed by atoms with Crippen molar-refractivity contribution in [3.8, 4) is 0 Å². The minimum Gasteiger partial charge on any atom is -0.397 e. The minimum atomic E-state index is -0.429. The molecule has 1 aromatic rings. The van der Waals surface area contributed by atoms with Crippen LogP contribution in [0.25, 0.3) is 0 Å². The van der Waals surface area contributed by atoms with Gasteiger partial charge in [-0.25, -0.2) is 0 Å². The summed E-state index contributed by atoms with van der Waals surface area (Å²) in [7, 11) is 0. The van der Waals surface area contributed by atoms with Crippen molar-refractivity contribution in [2.45, 2.75) is 19.3 Å². The Morgan fingerprint density at radius 1 is 1.21 bits per heavy atom. The maximum Gasteiger partial charge on any atom is 0.244 e. The van der Waals surface area contributed by atoms with Crippen LogP contribution in [0.3, 0.4) is 0 Å². The number of hydrogen-bond acceptors (Lipinski definition) is 4. The second-order valence-corrected chi connectivity index (χ2v) is 4.36. The second-order valence-electron chi connectivity index (χ2n) is 4.36. The summed E-state index contributed by atoms with van der Waals surface area (Å²) in [5, 5.41) is 2.59. The molecule has 1 saturated heterocycles. The van der Waals surface area contributed by atoms with Gasteiger partial charge in [0.2, 0.25) is 17.7 Å². The summed E-state index contributed by atoms with van der Waals surface area (Å²) in [6, 6.07) is 6.81. The number of benzene rings is 1. The summed E-state index contributed by atoms with van der Waals surface area (Å²) in [6.45, 7) is -0.258. The van der Waals surface area contributed by atoms with Gasteiger partial charge in [-0.3, -0.25) is 19.3 Å². The number of anilines is 2. The summed E-state index contributed by atoms with van der Waals surface area (Å²) in [4.78, 5) is 35.9. The predicted octanol–water partition coefficient (Wildman–Crippen LogP) is 0.746. The number of piperidine rings is 1. The van der Waals surface area contributed by atoms with E-state index in [2.05, 4.69) is 5.32 Å². The highest BCUT2D eigenvalue weighted by molar-refractivity contribution is 6.03. The highest BCUT2D eigenvalue weighted by Gasteiger charge is 2.27. The molecule has 0 atom stereocenters. The van der Waals surface area contributed by atoms with Gasteiger partial charge in [-0.1, -0.05) is 12.1 Å². The maximum absolute atomic E-state index is 11.8. The van der Waals surface area contributed by atoms with E-state index in [9.17, 15) is 14.4 Å². The molecule has 0 bridgehead atoms. The molecule has 100 valence electrons. The number of rotatable bonds is 3. The van der Waals surface area contributed by atoms with Crippen LogP contribution in [0.1, 0.15) is 19.3 Å². The normalized spacial score (nSPS) is 15.5. The van der Waals surface area contributed by atoms with E-state index in [0.29, 0.717) is 30.6 Å². The maximum atomic E-state index is 11.8. The first-order valence-electron chi connectivity index (χ1n) is 6.05. The summed E-state index contributed by atoms with van der Waals surface area (Å²) < 4.78 is 0. The number of hydrogen-bond donors (Lipinski definition) is 2. The summed E-state index contributed by atoms with van der Waals surface area (Å²) in [5.41, 5.74) is 6.61. The van der Waals surface area contributed by atoms with E-state index in [1.54, 1.807) is 24.3 Å². The van der Waals surface area contributed by atoms with Gasteiger partial charge < -0.3 is 11.1 Å². The minimum absolute atomic E-state index is 0.258. The number of nitrogens with zero attached hydrogens (tertiary/aromatic N) is 1. The Morgan fingerprint density at radius 3 is 2.47 bits per heavy atom. The van der Waals surface area contributed by atoms with Crippen molar-refractivity contribution in [3.63, 3.8) is 0 Å². The lowest BCUT2D eigenvalue weighted by atomic mass is 10.1. The number of para-hydroxylation sites is 2. The number of imide groups is 1. The number of likely N-dealkylation sites (tertiary alicyclic amines) is 1. The van der Waals surface area contributed by atoms with Crippen LogP contribution in [0.4, 0.5) is 11.4 Å². The van der Waals surface area contributed by atoms with Crippen LogP contribution in [-0.2, 0) is 14.4 Å². The molecule has 1 aliphatic heterocycles. The third-order valence-electron chi connectivity index (χ3n) is 2.92. The smallest absolute Gasteiger partial charge is 0.244 e. The first kappa shape index (κ1) is 13.1. The molecule has 2 rings (SSSR count). The summed E-state index contributed by atoms with van der Waals surface area (Å²) in [6.07, 6.45) is 1.18. The fourth-order valence-electron chi connectivity index (χ4n) is 1.92. The van der Waals surface area contributed by atoms with Crippen LogP contribution >= 0.6 is 0 Å². The molecule has 0 aromatic heterocycles. The lowest BCUT2D eigenvalue weighted by Gasteiger charge is -2.24. The number of nitrogens with one attached hydrogen (secondary N) is 1. The molecule has 19 heavy (non-hydrogen) atoms. The number of nitrogens with two attached hydrogens (primary N) is 1. The quantitative estimate of drug-likeness (QED) is 0.620. The molecule has 6 heteroatoms. The second kappa shape index (κ2) is 5.51. The first-order chi connectivity index (χ1) is 9.08. The van der Waals surface area contributed by atoms with Crippen LogP contribution in [0.2, 0.25) is 0 Å². The molecular formula is C13H15N3O3. The van der Waals surface area contributed by atoms with Crippen LogP contribution in [0.5, 0.6) is 0 Å². The van der Waals surface area contributed by atoms with E-state index < -0.39 is 5.91 Å². The van der Waals surface area contributed by atoms with Gasteiger partial charge in [0.15, 0.2) is 0 Å². The predicted molar refractivity (Wildman–Crippen MR) is 70.1 cm³/mol. The Kier molecular flexibility index (Phi) is 3.79. The number of carbonyl (C=O) groups is 3. The number of carbonyl (C=O) groups excluding carboxylic acids is 3. The van der Waals surface area contributed by atoms with Crippen molar-refractivity contribution in [1.82, 2.24) is 4.90 Å². The van der Waals surface area contributed by atoms with Gasteiger partial charge in [0.25, 0.3) is 0 Å².